The number of para-hydroxylation sites is 1. The van der Waals surface area contributed by atoms with Crippen molar-refractivity contribution in [3.05, 3.63) is 112 Å². The van der Waals surface area contributed by atoms with Crippen LogP contribution in [0.5, 0.6) is 0 Å². The molecule has 1 atom stereocenters. The molecule has 7 nitrogen and oxygen atoms in total. The fraction of sp³-hybridized carbons (Fsp3) is 0.179. The van der Waals surface area contributed by atoms with Gasteiger partial charge in [-0.05, 0) is 54.6 Å². The maximum Gasteiger partial charge on any atom is 0.261 e. The Bertz CT molecular complexity index is 1370. The number of furan rings is 1. The summed E-state index contributed by atoms with van der Waals surface area (Å²) in [7, 11) is 0. The first kappa shape index (κ1) is 25.8. The number of amides is 3. The third-order valence-electron chi connectivity index (χ3n) is 5.82. The van der Waals surface area contributed by atoms with Gasteiger partial charge in [0.2, 0.25) is 11.8 Å². The lowest BCUT2D eigenvalue weighted by atomic mass is 9.99. The molecule has 2 aromatic heterocycles. The smallest absolute Gasteiger partial charge is 0.261 e. The molecule has 0 fully saturated rings. The largest absolute Gasteiger partial charge is 0.467 e. The molecule has 0 aliphatic carbocycles. The molecule has 0 bridgehead atoms. The Morgan fingerprint density at radius 2 is 1.70 bits per heavy atom. The zero-order chi connectivity index (χ0) is 26.4. The number of thiophene rings is 1. The van der Waals surface area contributed by atoms with Crippen molar-refractivity contribution in [1.29, 1.82) is 0 Å². The number of rotatable bonds is 9. The normalized spacial score (nSPS) is 11.5. The summed E-state index contributed by atoms with van der Waals surface area (Å²) in [6, 6.07) is 16.7. The molecule has 3 amide bonds. The van der Waals surface area contributed by atoms with Crippen LogP contribution in [0.2, 0.25) is 0 Å². The first-order valence-corrected chi connectivity index (χ1v) is 12.5. The molecule has 0 aliphatic rings. The number of anilines is 1. The van der Waals surface area contributed by atoms with E-state index in [2.05, 4.69) is 10.6 Å². The van der Waals surface area contributed by atoms with Crippen molar-refractivity contribution in [3.63, 3.8) is 0 Å². The third kappa shape index (κ3) is 5.95. The maximum absolute atomic E-state index is 15.1. The fourth-order valence-electron chi connectivity index (χ4n) is 4.10. The second-order valence-electron chi connectivity index (χ2n) is 8.39. The quantitative estimate of drug-likeness (QED) is 0.329. The Morgan fingerprint density at radius 1 is 0.946 bits per heavy atom. The van der Waals surface area contributed by atoms with Gasteiger partial charge in [-0.2, -0.15) is 0 Å². The van der Waals surface area contributed by atoms with E-state index in [1.54, 1.807) is 35.7 Å². The summed E-state index contributed by atoms with van der Waals surface area (Å²) in [6.07, 6.45) is 1.48. The van der Waals surface area contributed by atoms with Crippen molar-refractivity contribution in [2.45, 2.75) is 26.4 Å². The summed E-state index contributed by atoms with van der Waals surface area (Å²) >= 11 is 1.25. The zero-order valence-electron chi connectivity index (χ0n) is 20.4. The molecule has 0 saturated heterocycles. The standard InChI is InChI=1S/C28H26FN3O4S/c1-18-8-5-9-19(2)25(18)32(24(33)17-31-27(34)23-13-7-15-37-23)26(21-11-3-4-12-22(21)29)28(35)30-16-20-10-6-14-36-20/h3-15,26H,16-17H2,1-2H3,(H,30,35)(H,31,34). The molecule has 9 heteroatoms. The molecular formula is C28H26FN3O4S. The lowest BCUT2D eigenvalue weighted by molar-refractivity contribution is -0.126. The minimum Gasteiger partial charge on any atom is -0.467 e. The predicted molar refractivity (Wildman–Crippen MR) is 140 cm³/mol. The number of carbonyl (C=O) groups excluding carboxylic acids is 3. The van der Waals surface area contributed by atoms with E-state index in [1.807, 2.05) is 32.0 Å². The van der Waals surface area contributed by atoms with Crippen LogP contribution in [-0.2, 0) is 16.1 Å². The van der Waals surface area contributed by atoms with Crippen LogP contribution in [0.3, 0.4) is 0 Å². The highest BCUT2D eigenvalue weighted by Crippen LogP contribution is 2.34. The SMILES string of the molecule is Cc1cccc(C)c1N(C(=O)CNC(=O)c1cccs1)C(C(=O)NCc1ccco1)c1ccccc1F. The van der Waals surface area contributed by atoms with E-state index >= 15 is 4.39 Å². The zero-order valence-corrected chi connectivity index (χ0v) is 21.2. The van der Waals surface area contributed by atoms with E-state index in [9.17, 15) is 14.4 Å². The van der Waals surface area contributed by atoms with Gasteiger partial charge in [-0.15, -0.1) is 11.3 Å². The van der Waals surface area contributed by atoms with Gasteiger partial charge in [0.05, 0.1) is 29.9 Å². The molecule has 2 heterocycles. The first-order chi connectivity index (χ1) is 17.9. The van der Waals surface area contributed by atoms with E-state index in [4.69, 9.17) is 4.42 Å². The summed E-state index contributed by atoms with van der Waals surface area (Å²) in [5.74, 6) is -1.69. The van der Waals surface area contributed by atoms with Gasteiger partial charge in [0.1, 0.15) is 17.6 Å². The first-order valence-electron chi connectivity index (χ1n) is 11.6. The Balaban J connectivity index is 1.74. The van der Waals surface area contributed by atoms with Gasteiger partial charge in [0.15, 0.2) is 0 Å². The Kier molecular flexibility index (Phi) is 8.15. The molecule has 4 rings (SSSR count). The van der Waals surface area contributed by atoms with E-state index < -0.39 is 29.6 Å². The number of carbonyl (C=O) groups is 3. The summed E-state index contributed by atoms with van der Waals surface area (Å²) < 4.78 is 20.5. The highest BCUT2D eigenvalue weighted by atomic mass is 32.1. The lowest BCUT2D eigenvalue weighted by Gasteiger charge is -2.33. The van der Waals surface area contributed by atoms with E-state index in [0.717, 1.165) is 11.1 Å². The van der Waals surface area contributed by atoms with Gasteiger partial charge < -0.3 is 15.1 Å². The number of hydrogen-bond donors (Lipinski definition) is 2. The summed E-state index contributed by atoms with van der Waals surface area (Å²) in [6.45, 7) is 3.29. The van der Waals surface area contributed by atoms with Crippen LogP contribution in [0.25, 0.3) is 0 Å². The summed E-state index contributed by atoms with van der Waals surface area (Å²) in [5.41, 5.74) is 1.94. The number of hydrogen-bond acceptors (Lipinski definition) is 5. The van der Waals surface area contributed by atoms with Gasteiger partial charge in [0, 0.05) is 5.56 Å². The van der Waals surface area contributed by atoms with Crippen LogP contribution in [0.1, 0.15) is 38.2 Å². The van der Waals surface area contributed by atoms with Gasteiger partial charge in [0.25, 0.3) is 5.91 Å². The summed E-state index contributed by atoms with van der Waals surface area (Å²) in [5, 5.41) is 7.15. The molecule has 1 unspecified atom stereocenters. The molecule has 0 spiro atoms. The number of nitrogens with one attached hydrogen (secondary N) is 2. The van der Waals surface area contributed by atoms with Crippen molar-refractivity contribution in [2.75, 3.05) is 11.4 Å². The Morgan fingerprint density at radius 3 is 2.35 bits per heavy atom. The average Bonchev–Trinajstić information content (AvgIpc) is 3.61. The van der Waals surface area contributed by atoms with E-state index in [0.29, 0.717) is 16.3 Å². The molecule has 2 aromatic carbocycles. The van der Waals surface area contributed by atoms with Gasteiger partial charge >= 0.3 is 0 Å². The predicted octanol–water partition coefficient (Wildman–Crippen LogP) is 4.92. The average molecular weight is 520 g/mol. The van der Waals surface area contributed by atoms with Crippen LogP contribution >= 0.6 is 11.3 Å². The minimum atomic E-state index is -1.35. The minimum absolute atomic E-state index is 0.0278. The molecule has 0 aliphatic heterocycles. The Labute approximate surface area is 217 Å². The monoisotopic (exact) mass is 519 g/mol. The van der Waals surface area contributed by atoms with Crippen molar-refractivity contribution < 1.29 is 23.2 Å². The molecule has 190 valence electrons. The molecule has 4 aromatic rings. The second-order valence-corrected chi connectivity index (χ2v) is 9.33. The number of nitrogens with zero attached hydrogens (tertiary/aromatic N) is 1. The van der Waals surface area contributed by atoms with Gasteiger partial charge in [-0.25, -0.2) is 4.39 Å². The number of benzene rings is 2. The molecule has 37 heavy (non-hydrogen) atoms. The van der Waals surface area contributed by atoms with Crippen LogP contribution in [0.15, 0.2) is 82.8 Å². The van der Waals surface area contributed by atoms with Gasteiger partial charge in [-0.1, -0.05) is 42.5 Å². The van der Waals surface area contributed by atoms with Crippen LogP contribution < -0.4 is 15.5 Å². The van der Waals surface area contributed by atoms with Crippen LogP contribution in [0, 0.1) is 19.7 Å². The summed E-state index contributed by atoms with van der Waals surface area (Å²) in [4.78, 5) is 41.7. The lowest BCUT2D eigenvalue weighted by Crippen LogP contribution is -2.48. The maximum atomic E-state index is 15.1. The van der Waals surface area contributed by atoms with Gasteiger partial charge in [-0.3, -0.25) is 19.3 Å². The second kappa shape index (κ2) is 11.7. The fourth-order valence-corrected chi connectivity index (χ4v) is 4.74. The highest BCUT2D eigenvalue weighted by Gasteiger charge is 2.36. The topological polar surface area (TPSA) is 91.7 Å². The molecule has 0 saturated carbocycles. The third-order valence-corrected chi connectivity index (χ3v) is 6.69. The van der Waals surface area contributed by atoms with E-state index in [1.165, 1.54) is 40.7 Å². The molecule has 0 radical (unpaired) electrons. The van der Waals surface area contributed by atoms with Crippen molar-refractivity contribution in [3.8, 4) is 0 Å². The van der Waals surface area contributed by atoms with Crippen LogP contribution in [0.4, 0.5) is 10.1 Å². The van der Waals surface area contributed by atoms with E-state index in [-0.39, 0.29) is 18.7 Å². The number of aryl methyl sites for hydroxylation is 2. The molecule has 2 N–H and O–H groups in total. The van der Waals surface area contributed by atoms with Crippen LogP contribution in [-0.4, -0.2) is 24.3 Å². The van der Waals surface area contributed by atoms with Crippen molar-refractivity contribution >= 4 is 34.7 Å². The number of halogens is 1. The Hall–Kier alpha value is -4.24. The molecular weight excluding hydrogens is 493 g/mol. The highest BCUT2D eigenvalue weighted by molar-refractivity contribution is 7.12. The van der Waals surface area contributed by atoms with Crippen molar-refractivity contribution in [2.24, 2.45) is 0 Å². The van der Waals surface area contributed by atoms with Crippen molar-refractivity contribution in [1.82, 2.24) is 10.6 Å².